The van der Waals surface area contributed by atoms with Crippen molar-refractivity contribution in [2.24, 2.45) is 0 Å². The van der Waals surface area contributed by atoms with Crippen LogP contribution in [-0.2, 0) is 0 Å². The highest BCUT2D eigenvalue weighted by Gasteiger charge is 2.17. The van der Waals surface area contributed by atoms with E-state index < -0.39 is 0 Å². The Labute approximate surface area is 210 Å². The van der Waals surface area contributed by atoms with Crippen molar-refractivity contribution in [1.82, 2.24) is 0 Å². The molecule has 0 saturated carbocycles. The molecule has 2 aromatic rings. The van der Waals surface area contributed by atoms with Crippen LogP contribution < -0.4 is 0 Å². The second-order valence-electron chi connectivity index (χ2n) is 11.4. The van der Waals surface area contributed by atoms with E-state index in [2.05, 4.69) is 113 Å². The van der Waals surface area contributed by atoms with Gasteiger partial charge in [0.15, 0.2) is 6.29 Å². The first-order valence-electron chi connectivity index (χ1n) is 13.0. The lowest BCUT2D eigenvalue weighted by molar-refractivity contribution is 0.112. The molecule has 186 valence electrons. The monoisotopic (exact) mass is 460 g/mol. The lowest BCUT2D eigenvalue weighted by Crippen LogP contribution is -2.05. The van der Waals surface area contributed by atoms with Crippen LogP contribution in [0.5, 0.6) is 0 Å². The summed E-state index contributed by atoms with van der Waals surface area (Å²) < 4.78 is 0. The largest absolute Gasteiger partial charge is 0.298 e. The van der Waals surface area contributed by atoms with Crippen molar-refractivity contribution in [3.05, 3.63) is 68.8 Å². The summed E-state index contributed by atoms with van der Waals surface area (Å²) in [5.41, 5.74) is 9.77. The summed E-state index contributed by atoms with van der Waals surface area (Å²) >= 11 is 0. The van der Waals surface area contributed by atoms with Gasteiger partial charge in [-0.3, -0.25) is 4.79 Å². The van der Waals surface area contributed by atoms with E-state index in [-0.39, 0.29) is 0 Å². The standard InChI is InChI=1S/C17H24.C16H24O/c1-8-15-16(12(4)5)9-14(11(2)3)10-17(15)13(6)7;1-10(2)13-7-14(11(3)4)16(9-17)15(8-13)12(5)6/h1,9-13H,2-7H3;7-12H,1-6H3. The third-order valence-electron chi connectivity index (χ3n) is 6.57. The molecule has 0 aliphatic heterocycles. The van der Waals surface area contributed by atoms with Gasteiger partial charge in [-0.05, 0) is 68.9 Å². The SMILES string of the molecule is C#Cc1c(C(C)C)cc(C(C)C)cc1C(C)C.CC(C)c1cc(C(C)C)c(C=O)c(C(C)C)c1. The molecule has 0 fully saturated rings. The van der Waals surface area contributed by atoms with Crippen LogP contribution in [0.2, 0.25) is 0 Å². The minimum Gasteiger partial charge on any atom is -0.298 e. The molecule has 0 spiro atoms. The van der Waals surface area contributed by atoms with Gasteiger partial charge in [0.2, 0.25) is 0 Å². The fourth-order valence-corrected chi connectivity index (χ4v) is 4.27. The van der Waals surface area contributed by atoms with Gasteiger partial charge in [-0.1, -0.05) is 113 Å². The molecule has 0 atom stereocenters. The molecular formula is C33H48O. The summed E-state index contributed by atoms with van der Waals surface area (Å²) in [5, 5.41) is 0. The first-order valence-corrected chi connectivity index (χ1v) is 13.0. The lowest BCUT2D eigenvalue weighted by Gasteiger charge is -2.19. The van der Waals surface area contributed by atoms with E-state index in [9.17, 15) is 4.79 Å². The topological polar surface area (TPSA) is 17.1 Å². The zero-order valence-corrected chi connectivity index (χ0v) is 23.8. The number of rotatable bonds is 7. The molecule has 0 amide bonds. The van der Waals surface area contributed by atoms with E-state index in [0.717, 1.165) is 17.4 Å². The average Bonchev–Trinajstić information content (AvgIpc) is 2.76. The molecule has 1 heteroatoms. The molecule has 0 aliphatic rings. The number of aldehydes is 1. The van der Waals surface area contributed by atoms with E-state index >= 15 is 0 Å². The first-order chi connectivity index (χ1) is 15.8. The number of carbonyl (C=O) groups is 1. The Morgan fingerprint density at radius 1 is 0.559 bits per heavy atom. The number of terminal acetylenes is 1. The predicted octanol–water partition coefficient (Wildman–Crippen LogP) is 9.91. The quantitative estimate of drug-likeness (QED) is 0.297. The van der Waals surface area contributed by atoms with Gasteiger partial charge >= 0.3 is 0 Å². The predicted molar refractivity (Wildman–Crippen MR) is 151 cm³/mol. The van der Waals surface area contributed by atoms with E-state index in [1.807, 2.05) is 0 Å². The second-order valence-corrected chi connectivity index (χ2v) is 11.4. The molecule has 0 bridgehead atoms. The van der Waals surface area contributed by atoms with Crippen LogP contribution in [0.15, 0.2) is 24.3 Å². The molecular weight excluding hydrogens is 412 g/mol. The zero-order valence-electron chi connectivity index (χ0n) is 23.8. The minimum atomic E-state index is 0.395. The highest BCUT2D eigenvalue weighted by molar-refractivity contribution is 5.81. The maximum Gasteiger partial charge on any atom is 0.150 e. The molecule has 0 saturated heterocycles. The Morgan fingerprint density at radius 3 is 1.06 bits per heavy atom. The number of benzene rings is 2. The van der Waals surface area contributed by atoms with Gasteiger partial charge in [-0.15, -0.1) is 6.42 Å². The summed E-state index contributed by atoms with van der Waals surface area (Å²) in [6, 6.07) is 8.97. The fourth-order valence-electron chi connectivity index (χ4n) is 4.27. The molecule has 0 N–H and O–H groups in total. The number of hydrogen-bond acceptors (Lipinski definition) is 1. The lowest BCUT2D eigenvalue weighted by atomic mass is 9.85. The third-order valence-corrected chi connectivity index (χ3v) is 6.57. The van der Waals surface area contributed by atoms with Gasteiger partial charge in [-0.25, -0.2) is 0 Å². The third kappa shape index (κ3) is 7.33. The highest BCUT2D eigenvalue weighted by atomic mass is 16.1. The minimum absolute atomic E-state index is 0.395. The molecule has 0 aromatic heterocycles. The second kappa shape index (κ2) is 12.9. The summed E-state index contributed by atoms with van der Waals surface area (Å²) in [5.74, 6) is 5.71. The number of carbonyl (C=O) groups excluding carboxylic acids is 1. The molecule has 34 heavy (non-hydrogen) atoms. The molecule has 0 unspecified atom stereocenters. The van der Waals surface area contributed by atoms with E-state index in [1.165, 1.54) is 33.4 Å². The smallest absolute Gasteiger partial charge is 0.150 e. The molecule has 2 aromatic carbocycles. The van der Waals surface area contributed by atoms with E-state index in [0.29, 0.717) is 35.5 Å². The zero-order chi connectivity index (χ0) is 26.3. The van der Waals surface area contributed by atoms with E-state index in [1.54, 1.807) is 0 Å². The first kappa shape index (κ1) is 29.7. The number of hydrogen-bond donors (Lipinski definition) is 0. The van der Waals surface area contributed by atoms with Crippen molar-refractivity contribution in [3.63, 3.8) is 0 Å². The van der Waals surface area contributed by atoms with Crippen molar-refractivity contribution < 1.29 is 4.79 Å². The van der Waals surface area contributed by atoms with Crippen molar-refractivity contribution in [2.45, 2.75) is 119 Å². The van der Waals surface area contributed by atoms with Crippen LogP contribution in [0.25, 0.3) is 0 Å². The normalized spacial score (nSPS) is 11.4. The average molecular weight is 461 g/mol. The molecule has 0 aliphatic carbocycles. The van der Waals surface area contributed by atoms with Gasteiger partial charge in [0.1, 0.15) is 0 Å². The van der Waals surface area contributed by atoms with Crippen LogP contribution >= 0.6 is 0 Å². The van der Waals surface area contributed by atoms with Gasteiger partial charge in [0.05, 0.1) is 0 Å². The molecule has 0 heterocycles. The summed E-state index contributed by atoms with van der Waals surface area (Å²) in [6.07, 6.45) is 6.73. The van der Waals surface area contributed by atoms with Crippen molar-refractivity contribution in [1.29, 1.82) is 0 Å². The maximum atomic E-state index is 11.3. The molecule has 2 rings (SSSR count). The summed E-state index contributed by atoms with van der Waals surface area (Å²) in [4.78, 5) is 11.3. The Bertz CT molecular complexity index is 936. The maximum absolute atomic E-state index is 11.3. The van der Waals surface area contributed by atoms with Crippen molar-refractivity contribution in [3.8, 4) is 12.3 Å². The molecule has 1 nitrogen and oxygen atoms in total. The Hall–Kier alpha value is -2.33. The van der Waals surface area contributed by atoms with Gasteiger partial charge < -0.3 is 0 Å². The van der Waals surface area contributed by atoms with Gasteiger partial charge in [0, 0.05) is 11.1 Å². The van der Waals surface area contributed by atoms with Crippen LogP contribution in [0.4, 0.5) is 0 Å². The van der Waals surface area contributed by atoms with Crippen molar-refractivity contribution in [2.75, 3.05) is 0 Å². The summed E-state index contributed by atoms with van der Waals surface area (Å²) in [7, 11) is 0. The van der Waals surface area contributed by atoms with Gasteiger partial charge in [-0.2, -0.15) is 0 Å². The Morgan fingerprint density at radius 2 is 0.853 bits per heavy atom. The Kier molecular flexibility index (Phi) is 11.3. The fraction of sp³-hybridized carbons (Fsp3) is 0.545. The van der Waals surface area contributed by atoms with Crippen LogP contribution in [0.3, 0.4) is 0 Å². The van der Waals surface area contributed by atoms with Crippen LogP contribution in [0, 0.1) is 12.3 Å². The Balaban J connectivity index is 0.000000340. The van der Waals surface area contributed by atoms with E-state index in [4.69, 9.17) is 6.42 Å². The molecule has 0 radical (unpaired) electrons. The van der Waals surface area contributed by atoms with Gasteiger partial charge in [0.25, 0.3) is 0 Å². The van der Waals surface area contributed by atoms with Crippen LogP contribution in [-0.4, -0.2) is 6.29 Å². The van der Waals surface area contributed by atoms with Crippen LogP contribution in [0.1, 0.15) is 168 Å². The highest BCUT2D eigenvalue weighted by Crippen LogP contribution is 2.32. The van der Waals surface area contributed by atoms with Crippen molar-refractivity contribution >= 4 is 6.29 Å². The summed E-state index contributed by atoms with van der Waals surface area (Å²) in [6.45, 7) is 26.3.